The summed E-state index contributed by atoms with van der Waals surface area (Å²) >= 11 is 0. The molecule has 2 aromatic rings. The molecule has 0 aliphatic heterocycles. The van der Waals surface area contributed by atoms with Crippen LogP contribution in [-0.2, 0) is 14.4 Å². The number of rotatable bonds is 12. The fraction of sp³-hybridized carbons (Fsp3) is 0.304. The van der Waals surface area contributed by atoms with Gasteiger partial charge in [0.1, 0.15) is 0 Å². The minimum Gasteiger partial charge on any atom is -0.479 e. The Morgan fingerprint density at radius 1 is 0.812 bits per heavy atom. The highest BCUT2D eigenvalue weighted by Gasteiger charge is 2.22. The maximum atomic E-state index is 12.6. The molecule has 2 aromatic carbocycles. The zero-order valence-corrected chi connectivity index (χ0v) is 17.5. The standard InChI is InChI=1S/C23H27N3O6/c27-19(13-6-1-2-7-14-20(28)26-32)24-18-12-8-11-17(15-18)22(29)25-21(23(30)31)16-9-4-3-5-10-16/h3-5,8-12,15,21,32H,1-2,6-7,13-14H2,(H,24,27)(H,25,29)(H,26,28)(H,30,31)/t21-/m0/s1. The highest BCUT2D eigenvalue weighted by molar-refractivity contribution is 5.99. The monoisotopic (exact) mass is 441 g/mol. The van der Waals surface area contributed by atoms with Gasteiger partial charge in [-0.05, 0) is 36.6 Å². The maximum absolute atomic E-state index is 12.6. The van der Waals surface area contributed by atoms with Gasteiger partial charge in [0.05, 0.1) is 0 Å². The minimum absolute atomic E-state index is 0.205. The van der Waals surface area contributed by atoms with Gasteiger partial charge in [0, 0.05) is 24.1 Å². The Balaban J connectivity index is 1.85. The minimum atomic E-state index is -1.19. The van der Waals surface area contributed by atoms with E-state index >= 15 is 0 Å². The Bertz CT molecular complexity index is 932. The Morgan fingerprint density at radius 2 is 1.47 bits per heavy atom. The zero-order valence-electron chi connectivity index (χ0n) is 17.5. The second-order valence-electron chi connectivity index (χ2n) is 7.23. The predicted octanol–water partition coefficient (Wildman–Crippen LogP) is 3.03. The third kappa shape index (κ3) is 8.19. The van der Waals surface area contributed by atoms with Crippen LogP contribution in [0.15, 0.2) is 54.6 Å². The molecule has 0 fully saturated rings. The molecule has 0 unspecified atom stereocenters. The van der Waals surface area contributed by atoms with Gasteiger partial charge in [0.2, 0.25) is 11.8 Å². The van der Waals surface area contributed by atoms with E-state index < -0.39 is 23.8 Å². The molecule has 0 bridgehead atoms. The molecule has 0 aliphatic carbocycles. The number of anilines is 1. The first-order valence-corrected chi connectivity index (χ1v) is 10.3. The summed E-state index contributed by atoms with van der Waals surface area (Å²) in [4.78, 5) is 47.2. The predicted molar refractivity (Wildman–Crippen MR) is 117 cm³/mol. The van der Waals surface area contributed by atoms with E-state index in [0.717, 1.165) is 12.8 Å². The second-order valence-corrected chi connectivity index (χ2v) is 7.23. The van der Waals surface area contributed by atoms with Gasteiger partial charge in [0.15, 0.2) is 6.04 Å². The fourth-order valence-corrected chi connectivity index (χ4v) is 3.09. The first-order valence-electron chi connectivity index (χ1n) is 10.3. The lowest BCUT2D eigenvalue weighted by Crippen LogP contribution is -2.33. The van der Waals surface area contributed by atoms with Crippen molar-refractivity contribution in [3.63, 3.8) is 0 Å². The summed E-state index contributed by atoms with van der Waals surface area (Å²) < 4.78 is 0. The van der Waals surface area contributed by atoms with Crippen LogP contribution in [0.5, 0.6) is 0 Å². The normalized spacial score (nSPS) is 11.3. The molecule has 0 radical (unpaired) electrons. The number of hydroxylamine groups is 1. The molecule has 0 spiro atoms. The molecule has 5 N–H and O–H groups in total. The van der Waals surface area contributed by atoms with Crippen molar-refractivity contribution in [1.29, 1.82) is 0 Å². The van der Waals surface area contributed by atoms with Crippen LogP contribution in [0.4, 0.5) is 5.69 Å². The molecule has 0 heterocycles. The lowest BCUT2D eigenvalue weighted by atomic mass is 10.1. The summed E-state index contributed by atoms with van der Waals surface area (Å²) in [7, 11) is 0. The maximum Gasteiger partial charge on any atom is 0.330 e. The van der Waals surface area contributed by atoms with E-state index in [1.54, 1.807) is 47.9 Å². The number of carboxylic acid groups (broad SMARTS) is 1. The lowest BCUT2D eigenvalue weighted by molar-refractivity contribution is -0.139. The molecule has 0 saturated heterocycles. The van der Waals surface area contributed by atoms with Crippen molar-refractivity contribution in [2.24, 2.45) is 0 Å². The number of carbonyl (C=O) groups excluding carboxylic acids is 3. The first-order chi connectivity index (χ1) is 15.4. The summed E-state index contributed by atoms with van der Waals surface area (Å²) in [6, 6.07) is 13.5. The zero-order chi connectivity index (χ0) is 23.3. The lowest BCUT2D eigenvalue weighted by Gasteiger charge is -2.15. The van der Waals surface area contributed by atoms with Crippen LogP contribution in [-0.4, -0.2) is 34.0 Å². The van der Waals surface area contributed by atoms with E-state index in [1.165, 1.54) is 12.1 Å². The largest absolute Gasteiger partial charge is 0.479 e. The average molecular weight is 441 g/mol. The Morgan fingerprint density at radius 3 is 2.09 bits per heavy atom. The second kappa shape index (κ2) is 12.9. The van der Waals surface area contributed by atoms with Crippen molar-refractivity contribution in [3.8, 4) is 0 Å². The van der Waals surface area contributed by atoms with Crippen LogP contribution in [0.3, 0.4) is 0 Å². The van der Waals surface area contributed by atoms with Crippen LogP contribution in [0.1, 0.15) is 60.5 Å². The summed E-state index contributed by atoms with van der Waals surface area (Å²) in [5.74, 6) is -2.37. The molecular formula is C23H27N3O6. The SMILES string of the molecule is O=C(CCCCCCC(=O)Nc1cccc(C(=O)N[C@H](C(=O)O)c2ccccc2)c1)NO. The van der Waals surface area contributed by atoms with Crippen molar-refractivity contribution >= 4 is 29.4 Å². The van der Waals surface area contributed by atoms with E-state index in [1.807, 2.05) is 0 Å². The summed E-state index contributed by atoms with van der Waals surface area (Å²) in [5, 5.41) is 23.1. The highest BCUT2D eigenvalue weighted by Crippen LogP contribution is 2.16. The van der Waals surface area contributed by atoms with E-state index in [0.29, 0.717) is 24.1 Å². The molecule has 170 valence electrons. The number of carbonyl (C=O) groups is 4. The van der Waals surface area contributed by atoms with Crippen molar-refractivity contribution in [1.82, 2.24) is 10.8 Å². The number of hydrogen-bond donors (Lipinski definition) is 5. The van der Waals surface area contributed by atoms with Gasteiger partial charge in [-0.2, -0.15) is 0 Å². The van der Waals surface area contributed by atoms with E-state index in [4.69, 9.17) is 5.21 Å². The van der Waals surface area contributed by atoms with Gasteiger partial charge < -0.3 is 15.7 Å². The van der Waals surface area contributed by atoms with Crippen LogP contribution in [0.2, 0.25) is 0 Å². The number of aliphatic carboxylic acids is 1. The van der Waals surface area contributed by atoms with Crippen LogP contribution in [0.25, 0.3) is 0 Å². The molecule has 32 heavy (non-hydrogen) atoms. The van der Waals surface area contributed by atoms with Crippen LogP contribution in [0, 0.1) is 0 Å². The van der Waals surface area contributed by atoms with Gasteiger partial charge in [-0.25, -0.2) is 10.3 Å². The van der Waals surface area contributed by atoms with Gasteiger partial charge in [0.25, 0.3) is 5.91 Å². The van der Waals surface area contributed by atoms with E-state index in [9.17, 15) is 24.3 Å². The summed E-state index contributed by atoms with van der Waals surface area (Å²) in [6.07, 6.45) is 3.34. The summed E-state index contributed by atoms with van der Waals surface area (Å²) in [5.41, 5.74) is 2.70. The molecule has 0 aliphatic rings. The van der Waals surface area contributed by atoms with E-state index in [2.05, 4.69) is 10.6 Å². The van der Waals surface area contributed by atoms with E-state index in [-0.39, 0.29) is 24.3 Å². The number of carboxylic acids is 1. The molecule has 9 nitrogen and oxygen atoms in total. The number of hydrogen-bond acceptors (Lipinski definition) is 5. The van der Waals surface area contributed by atoms with Crippen molar-refractivity contribution in [2.75, 3.05) is 5.32 Å². The Kier molecular flexibility index (Phi) is 9.86. The Hall–Kier alpha value is -3.72. The first kappa shape index (κ1) is 24.5. The average Bonchev–Trinajstić information content (AvgIpc) is 2.79. The number of nitrogens with one attached hydrogen (secondary N) is 3. The molecule has 9 heteroatoms. The molecule has 3 amide bonds. The smallest absolute Gasteiger partial charge is 0.330 e. The number of benzene rings is 2. The number of unbranched alkanes of at least 4 members (excludes halogenated alkanes) is 3. The Labute approximate surface area is 185 Å². The fourth-order valence-electron chi connectivity index (χ4n) is 3.09. The highest BCUT2D eigenvalue weighted by atomic mass is 16.5. The van der Waals surface area contributed by atoms with Crippen molar-refractivity contribution in [2.45, 2.75) is 44.6 Å². The molecular weight excluding hydrogens is 414 g/mol. The van der Waals surface area contributed by atoms with Gasteiger partial charge in [-0.3, -0.25) is 19.6 Å². The molecule has 0 aromatic heterocycles. The number of amides is 3. The quantitative estimate of drug-likeness (QED) is 0.194. The molecule has 0 saturated carbocycles. The third-order valence-corrected chi connectivity index (χ3v) is 4.75. The van der Waals surface area contributed by atoms with Crippen molar-refractivity contribution < 1.29 is 29.5 Å². The molecule has 1 atom stereocenters. The van der Waals surface area contributed by atoms with Gasteiger partial charge in [-0.15, -0.1) is 0 Å². The van der Waals surface area contributed by atoms with Crippen molar-refractivity contribution in [3.05, 3.63) is 65.7 Å². The van der Waals surface area contributed by atoms with Gasteiger partial charge in [-0.1, -0.05) is 49.2 Å². The third-order valence-electron chi connectivity index (χ3n) is 4.75. The van der Waals surface area contributed by atoms with Crippen LogP contribution >= 0.6 is 0 Å². The van der Waals surface area contributed by atoms with Gasteiger partial charge >= 0.3 is 5.97 Å². The molecule has 2 rings (SSSR count). The topological polar surface area (TPSA) is 145 Å². The van der Waals surface area contributed by atoms with Crippen LogP contribution < -0.4 is 16.1 Å². The summed E-state index contributed by atoms with van der Waals surface area (Å²) in [6.45, 7) is 0.